The Morgan fingerprint density at radius 3 is 2.59 bits per heavy atom. The summed E-state index contributed by atoms with van der Waals surface area (Å²) in [6.45, 7) is 6.99. The number of nitrogens with one attached hydrogen (secondary N) is 1. The van der Waals surface area contributed by atoms with Gasteiger partial charge in [0, 0.05) is 36.7 Å². The molecule has 1 aliphatic carbocycles. The number of rotatable bonds is 4. The van der Waals surface area contributed by atoms with Gasteiger partial charge in [-0.3, -0.25) is 4.79 Å². The second-order valence-corrected chi connectivity index (χ2v) is 11.0. The van der Waals surface area contributed by atoms with Crippen molar-refractivity contribution in [1.82, 2.24) is 19.8 Å². The lowest BCUT2D eigenvalue weighted by Crippen LogP contribution is -2.50. The molecule has 0 unspecified atom stereocenters. The Morgan fingerprint density at radius 1 is 1.06 bits per heavy atom. The first-order valence-electron chi connectivity index (χ1n) is 13.1. The largest absolute Gasteiger partial charge is 0.351 e. The van der Waals surface area contributed by atoms with E-state index >= 15 is 0 Å². The van der Waals surface area contributed by atoms with Crippen molar-refractivity contribution < 1.29 is 4.79 Å². The first-order valence-corrected chi connectivity index (χ1v) is 13.1. The Bertz CT molecular complexity index is 988. The normalized spacial score (nSPS) is 30.0. The van der Waals surface area contributed by atoms with Crippen LogP contribution in [0.4, 0.5) is 5.95 Å². The Hall–Kier alpha value is -2.47. The Morgan fingerprint density at radius 2 is 1.82 bits per heavy atom. The van der Waals surface area contributed by atoms with Crippen molar-refractivity contribution in [3.63, 3.8) is 0 Å². The van der Waals surface area contributed by atoms with Crippen LogP contribution in [0.1, 0.15) is 68.7 Å². The molecule has 1 aromatic heterocycles. The fourth-order valence-corrected chi connectivity index (χ4v) is 6.11. The number of hydrogen-bond donors (Lipinski definition) is 1. The highest BCUT2D eigenvalue weighted by Gasteiger charge is 2.39. The van der Waals surface area contributed by atoms with Crippen LogP contribution in [0.15, 0.2) is 36.5 Å². The molecule has 6 heteroatoms. The summed E-state index contributed by atoms with van der Waals surface area (Å²) in [5.74, 6) is 2.09. The predicted molar refractivity (Wildman–Crippen MR) is 136 cm³/mol. The number of nitrogens with zero attached hydrogens (tertiary/aromatic N) is 4. The van der Waals surface area contributed by atoms with Gasteiger partial charge in [-0.15, -0.1) is 0 Å². The van der Waals surface area contributed by atoms with Gasteiger partial charge in [-0.2, -0.15) is 0 Å². The molecule has 3 aliphatic rings. The van der Waals surface area contributed by atoms with Crippen molar-refractivity contribution in [2.24, 2.45) is 11.8 Å². The molecule has 34 heavy (non-hydrogen) atoms. The first kappa shape index (κ1) is 23.3. The number of anilines is 1. The van der Waals surface area contributed by atoms with Gasteiger partial charge in [0.1, 0.15) is 0 Å². The predicted octanol–water partition coefficient (Wildman–Crippen LogP) is 4.48. The molecule has 3 atom stereocenters. The molecule has 1 aromatic carbocycles. The van der Waals surface area contributed by atoms with E-state index in [1.165, 1.54) is 36.8 Å². The highest BCUT2D eigenvalue weighted by molar-refractivity contribution is 5.80. The van der Waals surface area contributed by atoms with E-state index in [0.717, 1.165) is 43.5 Å². The van der Waals surface area contributed by atoms with Crippen LogP contribution < -0.4 is 5.32 Å². The molecular weight excluding hydrogens is 422 g/mol. The second kappa shape index (κ2) is 10.0. The lowest BCUT2D eigenvalue weighted by Gasteiger charge is -2.42. The van der Waals surface area contributed by atoms with Gasteiger partial charge in [-0.1, -0.05) is 37.3 Å². The van der Waals surface area contributed by atoms with E-state index in [-0.39, 0.29) is 23.8 Å². The number of piperidine rings is 1. The highest BCUT2D eigenvalue weighted by atomic mass is 16.2. The van der Waals surface area contributed by atoms with Crippen LogP contribution in [0.3, 0.4) is 0 Å². The molecule has 3 heterocycles. The number of benzene rings is 1. The molecule has 2 fully saturated rings. The Labute approximate surface area is 204 Å². The summed E-state index contributed by atoms with van der Waals surface area (Å²) in [5, 5.41) is 3.57. The van der Waals surface area contributed by atoms with Crippen LogP contribution in [0.2, 0.25) is 0 Å². The molecule has 5 rings (SSSR count). The van der Waals surface area contributed by atoms with Gasteiger partial charge in [0.2, 0.25) is 11.9 Å². The number of aromatic nitrogens is 2. The van der Waals surface area contributed by atoms with E-state index in [9.17, 15) is 4.79 Å². The minimum Gasteiger partial charge on any atom is -0.351 e. The molecule has 0 spiro atoms. The summed E-state index contributed by atoms with van der Waals surface area (Å²) in [7, 11) is 2.16. The standard InChI is InChI=1S/C28H39N5O/c1-19-9-11-23(12-10-19)30-28-29-16-22-15-20(2)33(18-26(22)31-28)27(34)24-13-14-32(3)17-25(24)21-7-5-4-6-8-21/h4-8,16,19-20,23-25H,9-15,17-18H2,1-3H3,(H,29,30,31)/t19?,20-,23?,24+,25-/m1/s1. The van der Waals surface area contributed by atoms with E-state index in [4.69, 9.17) is 4.98 Å². The molecule has 2 aromatic rings. The van der Waals surface area contributed by atoms with Crippen molar-refractivity contribution in [1.29, 1.82) is 0 Å². The van der Waals surface area contributed by atoms with E-state index in [0.29, 0.717) is 12.6 Å². The summed E-state index contributed by atoms with van der Waals surface area (Å²) < 4.78 is 0. The summed E-state index contributed by atoms with van der Waals surface area (Å²) >= 11 is 0. The van der Waals surface area contributed by atoms with Gasteiger partial charge in [-0.05, 0) is 76.1 Å². The smallest absolute Gasteiger partial charge is 0.227 e. The summed E-state index contributed by atoms with van der Waals surface area (Å²) in [6, 6.07) is 11.2. The maximum atomic E-state index is 13.9. The number of likely N-dealkylation sites (N-methyl/N-ethyl adjacent to an activating group) is 1. The van der Waals surface area contributed by atoms with Gasteiger partial charge in [0.15, 0.2) is 0 Å². The highest BCUT2D eigenvalue weighted by Crippen LogP contribution is 2.35. The summed E-state index contributed by atoms with van der Waals surface area (Å²) in [4.78, 5) is 27.9. The lowest BCUT2D eigenvalue weighted by molar-refractivity contribution is -0.141. The maximum Gasteiger partial charge on any atom is 0.227 e. The van der Waals surface area contributed by atoms with Gasteiger partial charge in [0.25, 0.3) is 0 Å². The number of carbonyl (C=O) groups excluding carboxylic acids is 1. The second-order valence-electron chi connectivity index (χ2n) is 11.0. The molecule has 6 nitrogen and oxygen atoms in total. The Balaban J connectivity index is 1.32. The Kier molecular flexibility index (Phi) is 6.87. The van der Waals surface area contributed by atoms with Gasteiger partial charge < -0.3 is 15.1 Å². The molecular formula is C28H39N5O. The van der Waals surface area contributed by atoms with Crippen molar-refractivity contribution in [2.45, 2.75) is 76.9 Å². The van der Waals surface area contributed by atoms with E-state index in [2.05, 4.69) is 71.3 Å². The third kappa shape index (κ3) is 4.97. The zero-order chi connectivity index (χ0) is 23.7. The fourth-order valence-electron chi connectivity index (χ4n) is 6.11. The fraction of sp³-hybridized carbons (Fsp3) is 0.607. The average Bonchev–Trinajstić information content (AvgIpc) is 2.85. The quantitative estimate of drug-likeness (QED) is 0.728. The number of carbonyl (C=O) groups is 1. The van der Waals surface area contributed by atoms with Crippen molar-refractivity contribution in [2.75, 3.05) is 25.5 Å². The van der Waals surface area contributed by atoms with Gasteiger partial charge in [-0.25, -0.2) is 9.97 Å². The maximum absolute atomic E-state index is 13.9. The summed E-state index contributed by atoms with van der Waals surface area (Å²) in [5.41, 5.74) is 3.47. The van der Waals surface area contributed by atoms with Crippen LogP contribution in [-0.2, 0) is 17.8 Å². The third-order valence-corrected chi connectivity index (χ3v) is 8.31. The number of hydrogen-bond acceptors (Lipinski definition) is 5. The zero-order valence-electron chi connectivity index (χ0n) is 20.9. The third-order valence-electron chi connectivity index (χ3n) is 8.31. The van der Waals surface area contributed by atoms with Crippen molar-refractivity contribution >= 4 is 11.9 Å². The molecule has 0 radical (unpaired) electrons. The molecule has 1 amide bonds. The monoisotopic (exact) mass is 461 g/mol. The van der Waals surface area contributed by atoms with Gasteiger partial charge >= 0.3 is 0 Å². The minimum atomic E-state index is 0.0197. The van der Waals surface area contributed by atoms with Crippen LogP contribution in [-0.4, -0.2) is 57.9 Å². The molecule has 1 saturated carbocycles. The topological polar surface area (TPSA) is 61.4 Å². The van der Waals surface area contributed by atoms with Crippen molar-refractivity contribution in [3.8, 4) is 0 Å². The minimum absolute atomic E-state index is 0.0197. The van der Waals surface area contributed by atoms with Crippen LogP contribution in [0.5, 0.6) is 0 Å². The number of amides is 1. The lowest BCUT2D eigenvalue weighted by atomic mass is 9.79. The molecule has 1 N–H and O–H groups in total. The molecule has 182 valence electrons. The average molecular weight is 462 g/mol. The molecule has 1 saturated heterocycles. The summed E-state index contributed by atoms with van der Waals surface area (Å²) in [6.07, 6.45) is 8.60. The van der Waals surface area contributed by atoms with Crippen LogP contribution in [0, 0.1) is 11.8 Å². The van der Waals surface area contributed by atoms with E-state index in [1.807, 2.05) is 6.20 Å². The number of fused-ring (bicyclic) bond motifs is 1. The first-order chi connectivity index (χ1) is 16.5. The van der Waals surface area contributed by atoms with Crippen molar-refractivity contribution in [3.05, 3.63) is 53.3 Å². The zero-order valence-corrected chi connectivity index (χ0v) is 20.9. The van der Waals surface area contributed by atoms with Crippen LogP contribution in [0.25, 0.3) is 0 Å². The number of likely N-dealkylation sites (tertiary alicyclic amines) is 1. The SMILES string of the molecule is CC1CCC(Nc2ncc3c(n2)CN(C(=O)[C@H]2CCN(C)C[C@@H]2c2ccccc2)[C@H](C)C3)CC1. The van der Waals surface area contributed by atoms with Gasteiger partial charge in [0.05, 0.1) is 12.2 Å². The molecule has 0 bridgehead atoms. The molecule has 2 aliphatic heterocycles. The van der Waals surface area contributed by atoms with Crippen LogP contribution >= 0.6 is 0 Å². The van der Waals surface area contributed by atoms with E-state index < -0.39 is 0 Å². The van der Waals surface area contributed by atoms with E-state index in [1.54, 1.807) is 0 Å².